The lowest BCUT2D eigenvalue weighted by Crippen LogP contribution is -2.61. The summed E-state index contributed by atoms with van der Waals surface area (Å²) >= 11 is 0. The Balaban J connectivity index is 1.69. The first-order chi connectivity index (χ1) is 12.9. The monoisotopic (exact) mass is 366 g/mol. The highest BCUT2D eigenvalue weighted by Gasteiger charge is 2.43. The molecule has 27 heavy (non-hydrogen) atoms. The van der Waals surface area contributed by atoms with Gasteiger partial charge in [0.15, 0.2) is 0 Å². The highest BCUT2D eigenvalue weighted by atomic mass is 16.2. The second-order valence-corrected chi connectivity index (χ2v) is 7.83. The molecule has 0 bridgehead atoms. The zero-order chi connectivity index (χ0) is 19.1. The maximum absolute atomic E-state index is 12.9. The van der Waals surface area contributed by atoms with Gasteiger partial charge in [0.1, 0.15) is 12.1 Å². The molecule has 6 heteroatoms. The Labute approximate surface area is 158 Å². The quantitative estimate of drug-likeness (QED) is 0.573. The van der Waals surface area contributed by atoms with Crippen molar-refractivity contribution in [1.29, 1.82) is 0 Å². The van der Waals surface area contributed by atoms with Gasteiger partial charge in [-0.15, -0.1) is 0 Å². The highest BCUT2D eigenvalue weighted by Crippen LogP contribution is 2.29. The van der Waals surface area contributed by atoms with Crippen LogP contribution in [0.5, 0.6) is 0 Å². The van der Waals surface area contributed by atoms with Crippen LogP contribution in [-0.2, 0) is 22.4 Å². The van der Waals surface area contributed by atoms with Gasteiger partial charge < -0.3 is 20.9 Å². The van der Waals surface area contributed by atoms with E-state index in [1.807, 2.05) is 18.2 Å². The molecule has 1 aromatic heterocycles. The lowest BCUT2D eigenvalue weighted by Gasteiger charge is -2.34. The minimum atomic E-state index is -0.506. The second-order valence-electron chi connectivity index (χ2n) is 7.83. The third-order valence-corrected chi connectivity index (χ3v) is 5.59. The van der Waals surface area contributed by atoms with Crippen molar-refractivity contribution in [3.63, 3.8) is 0 Å². The molecule has 2 aliphatic rings. The van der Waals surface area contributed by atoms with E-state index in [4.69, 9.17) is 5.73 Å². The fourth-order valence-electron chi connectivity index (χ4n) is 4.22. The number of nitrogen functional groups attached to an aromatic ring is 1. The third kappa shape index (κ3) is 3.20. The smallest absolute Gasteiger partial charge is 0.246 e. The molecular weight excluding hydrogens is 340 g/mol. The number of allylic oxidation sites excluding steroid dienone is 2. The number of aromatic nitrogens is 1. The van der Waals surface area contributed by atoms with Crippen LogP contribution in [0.1, 0.15) is 37.9 Å². The summed E-state index contributed by atoms with van der Waals surface area (Å²) in [7, 11) is 0. The van der Waals surface area contributed by atoms with E-state index in [0.717, 1.165) is 41.4 Å². The number of nitrogens with one attached hydrogen (secondary N) is 2. The van der Waals surface area contributed by atoms with E-state index in [1.54, 1.807) is 4.90 Å². The van der Waals surface area contributed by atoms with Gasteiger partial charge in [-0.1, -0.05) is 17.7 Å². The van der Waals surface area contributed by atoms with Crippen LogP contribution in [0.3, 0.4) is 0 Å². The zero-order valence-electron chi connectivity index (χ0n) is 15.8. The molecule has 2 aliphatic heterocycles. The number of fused-ring (bicyclic) bond motifs is 2. The molecule has 0 radical (unpaired) electrons. The van der Waals surface area contributed by atoms with Gasteiger partial charge in [0.25, 0.3) is 0 Å². The summed E-state index contributed by atoms with van der Waals surface area (Å²) in [5.74, 6) is 0.0158. The Morgan fingerprint density at radius 3 is 2.93 bits per heavy atom. The number of nitrogens with zero attached hydrogens (tertiary/aromatic N) is 1. The van der Waals surface area contributed by atoms with E-state index in [-0.39, 0.29) is 17.9 Å². The van der Waals surface area contributed by atoms with Crippen molar-refractivity contribution < 1.29 is 9.59 Å². The first-order valence-corrected chi connectivity index (χ1v) is 9.57. The number of benzene rings is 1. The number of anilines is 1. The summed E-state index contributed by atoms with van der Waals surface area (Å²) in [4.78, 5) is 30.6. The van der Waals surface area contributed by atoms with Crippen LogP contribution in [0.4, 0.5) is 5.69 Å². The molecule has 0 spiro atoms. The Kier molecular flexibility index (Phi) is 4.42. The molecule has 1 aromatic carbocycles. The van der Waals surface area contributed by atoms with Gasteiger partial charge >= 0.3 is 0 Å². The number of hydrogen-bond acceptors (Lipinski definition) is 3. The molecule has 2 amide bonds. The van der Waals surface area contributed by atoms with Crippen molar-refractivity contribution in [3.8, 4) is 0 Å². The van der Waals surface area contributed by atoms with Gasteiger partial charge in [0.2, 0.25) is 11.8 Å². The molecule has 2 atom stereocenters. The minimum absolute atomic E-state index is 0.0213. The van der Waals surface area contributed by atoms with E-state index >= 15 is 0 Å². The molecule has 2 aromatic rings. The Hall–Kier alpha value is -2.76. The van der Waals surface area contributed by atoms with Crippen LogP contribution in [-0.4, -0.2) is 40.3 Å². The maximum Gasteiger partial charge on any atom is 0.246 e. The average Bonchev–Trinajstić information content (AvgIpc) is 3.23. The molecule has 6 nitrogen and oxygen atoms in total. The van der Waals surface area contributed by atoms with Crippen molar-refractivity contribution in [2.24, 2.45) is 0 Å². The van der Waals surface area contributed by atoms with E-state index in [0.29, 0.717) is 18.7 Å². The molecule has 4 N–H and O–H groups in total. The van der Waals surface area contributed by atoms with Gasteiger partial charge in [0.05, 0.1) is 0 Å². The van der Waals surface area contributed by atoms with Crippen LogP contribution >= 0.6 is 0 Å². The number of carbonyl (C=O) groups excluding carboxylic acids is 2. The van der Waals surface area contributed by atoms with E-state index in [1.165, 1.54) is 5.57 Å². The summed E-state index contributed by atoms with van der Waals surface area (Å²) in [5, 5.41) is 4.02. The summed E-state index contributed by atoms with van der Waals surface area (Å²) in [6.07, 6.45) is 5.07. The second kappa shape index (κ2) is 6.76. The van der Waals surface area contributed by atoms with Crippen LogP contribution in [0, 0.1) is 0 Å². The number of carbonyl (C=O) groups is 2. The topological polar surface area (TPSA) is 91.2 Å². The number of nitrogens with two attached hydrogens (primary N) is 1. The number of hydrogen-bond donors (Lipinski definition) is 3. The van der Waals surface area contributed by atoms with Crippen molar-refractivity contribution in [2.75, 3.05) is 12.3 Å². The number of amides is 2. The normalized spacial score (nSPS) is 22.1. The molecule has 4 rings (SSSR count). The van der Waals surface area contributed by atoms with Crippen LogP contribution in [0.15, 0.2) is 29.8 Å². The van der Waals surface area contributed by atoms with E-state index < -0.39 is 6.04 Å². The van der Waals surface area contributed by atoms with Gasteiger partial charge in [-0.2, -0.15) is 0 Å². The zero-order valence-corrected chi connectivity index (χ0v) is 15.8. The van der Waals surface area contributed by atoms with Gasteiger partial charge in [0, 0.05) is 41.7 Å². The Morgan fingerprint density at radius 1 is 1.33 bits per heavy atom. The number of H-pyrrole nitrogens is 1. The molecule has 0 saturated carbocycles. The standard InChI is InChI=1S/C21H26N4O2/c1-12(2)5-8-16-15(14-7-6-13(22)10-17(14)23-16)11-18-21(27)25-9-3-4-19(25)20(26)24-18/h5-7,10,18-19,23H,3-4,8-9,11,22H2,1-2H3,(H,24,26)/t18-,19-/m0/s1. The van der Waals surface area contributed by atoms with E-state index in [2.05, 4.69) is 30.2 Å². The number of rotatable bonds is 4. The predicted molar refractivity (Wildman–Crippen MR) is 106 cm³/mol. The lowest BCUT2D eigenvalue weighted by atomic mass is 9.97. The fourth-order valence-corrected chi connectivity index (χ4v) is 4.22. The van der Waals surface area contributed by atoms with Crippen LogP contribution in [0.25, 0.3) is 10.9 Å². The molecule has 142 valence electrons. The van der Waals surface area contributed by atoms with Gasteiger partial charge in [-0.3, -0.25) is 9.59 Å². The fraction of sp³-hybridized carbons (Fsp3) is 0.429. The summed E-state index contributed by atoms with van der Waals surface area (Å²) in [5.41, 5.74) is 11.0. The first-order valence-electron chi connectivity index (χ1n) is 9.57. The van der Waals surface area contributed by atoms with Crippen LogP contribution in [0.2, 0.25) is 0 Å². The summed E-state index contributed by atoms with van der Waals surface area (Å²) in [6.45, 7) is 4.82. The molecule has 2 fully saturated rings. The summed E-state index contributed by atoms with van der Waals surface area (Å²) in [6, 6.07) is 5.01. The van der Waals surface area contributed by atoms with Gasteiger partial charge in [-0.05, 0) is 44.4 Å². The van der Waals surface area contributed by atoms with E-state index in [9.17, 15) is 9.59 Å². The van der Waals surface area contributed by atoms with Gasteiger partial charge in [-0.25, -0.2) is 0 Å². The van der Waals surface area contributed by atoms with Crippen molar-refractivity contribution in [1.82, 2.24) is 15.2 Å². The molecule has 0 aliphatic carbocycles. The highest BCUT2D eigenvalue weighted by molar-refractivity contribution is 5.98. The molecule has 0 unspecified atom stereocenters. The van der Waals surface area contributed by atoms with Crippen LogP contribution < -0.4 is 11.1 Å². The summed E-state index contributed by atoms with van der Waals surface area (Å²) < 4.78 is 0. The largest absolute Gasteiger partial charge is 0.399 e. The predicted octanol–water partition coefficient (Wildman–Crippen LogP) is 2.29. The van der Waals surface area contributed by atoms with Crippen molar-refractivity contribution in [3.05, 3.63) is 41.1 Å². The third-order valence-electron chi connectivity index (χ3n) is 5.59. The average molecular weight is 366 g/mol. The SMILES string of the molecule is CC(C)=CCc1[nH]c2cc(N)ccc2c1C[C@@H]1NC(=O)[C@@H]2CCCN2C1=O. The number of aromatic amines is 1. The first kappa shape index (κ1) is 17.6. The molecule has 2 saturated heterocycles. The lowest BCUT2D eigenvalue weighted by molar-refractivity contribution is -0.146. The molecule has 3 heterocycles. The maximum atomic E-state index is 12.9. The Morgan fingerprint density at radius 2 is 2.15 bits per heavy atom. The molecular formula is C21H26N4O2. The minimum Gasteiger partial charge on any atom is -0.399 e. The van der Waals surface area contributed by atoms with Crippen molar-refractivity contribution >= 4 is 28.4 Å². The Bertz CT molecular complexity index is 939. The number of piperazine rings is 1. The van der Waals surface area contributed by atoms with Crippen molar-refractivity contribution in [2.45, 2.75) is 51.6 Å².